The van der Waals surface area contributed by atoms with Gasteiger partial charge < -0.3 is 19.7 Å². The van der Waals surface area contributed by atoms with Crippen molar-refractivity contribution in [3.8, 4) is 17.2 Å². The molecule has 0 amide bonds. The zero-order valence-corrected chi connectivity index (χ0v) is 13.2. The van der Waals surface area contributed by atoms with E-state index in [1.165, 1.54) is 12.1 Å². The highest BCUT2D eigenvalue weighted by Crippen LogP contribution is 2.31. The second kappa shape index (κ2) is 7.54. The molecule has 0 heterocycles. The number of aromatic hydroxyl groups is 1. The molecule has 0 fully saturated rings. The maximum absolute atomic E-state index is 11.6. The van der Waals surface area contributed by atoms with E-state index in [9.17, 15) is 15.0 Å². The van der Waals surface area contributed by atoms with E-state index in [-0.39, 0.29) is 5.75 Å². The summed E-state index contributed by atoms with van der Waals surface area (Å²) in [5, 5.41) is 19.1. The summed E-state index contributed by atoms with van der Waals surface area (Å²) in [6.45, 7) is 2.37. The maximum Gasteiger partial charge on any atom is 0.311 e. The van der Waals surface area contributed by atoms with Gasteiger partial charge in [-0.05, 0) is 48.7 Å². The lowest BCUT2D eigenvalue weighted by molar-refractivity contribution is -0.138. The Balaban J connectivity index is 2.30. The topological polar surface area (TPSA) is 76.0 Å². The molecule has 2 aromatic rings. The third-order valence-electron chi connectivity index (χ3n) is 3.54. The van der Waals surface area contributed by atoms with Crippen molar-refractivity contribution in [2.45, 2.75) is 19.3 Å². The number of hydrogen-bond donors (Lipinski definition) is 2. The Bertz CT molecular complexity index is 681. The number of carbonyl (C=O) groups is 1. The van der Waals surface area contributed by atoms with Crippen LogP contribution in [0.3, 0.4) is 0 Å². The lowest BCUT2D eigenvalue weighted by Gasteiger charge is -2.15. The fourth-order valence-corrected chi connectivity index (χ4v) is 2.44. The molecule has 0 aliphatic heterocycles. The van der Waals surface area contributed by atoms with Crippen molar-refractivity contribution in [1.82, 2.24) is 0 Å². The molecule has 0 radical (unpaired) electrons. The molecule has 2 N–H and O–H groups in total. The van der Waals surface area contributed by atoms with Crippen LogP contribution in [-0.2, 0) is 11.2 Å². The second-order valence-electron chi connectivity index (χ2n) is 5.11. The summed E-state index contributed by atoms with van der Waals surface area (Å²) in [5.74, 6) is -0.430. The number of phenolic OH excluding ortho intramolecular Hbond substituents is 1. The molecule has 23 heavy (non-hydrogen) atoms. The van der Waals surface area contributed by atoms with Crippen molar-refractivity contribution in [2.24, 2.45) is 0 Å². The van der Waals surface area contributed by atoms with E-state index in [2.05, 4.69) is 0 Å². The predicted molar refractivity (Wildman–Crippen MR) is 86.4 cm³/mol. The molecule has 122 valence electrons. The Hall–Kier alpha value is -2.69. The molecule has 0 aromatic heterocycles. The molecule has 0 aliphatic carbocycles. The quantitative estimate of drug-likeness (QED) is 0.820. The van der Waals surface area contributed by atoms with Gasteiger partial charge in [-0.1, -0.05) is 18.2 Å². The molecule has 0 bridgehead atoms. The first-order valence-corrected chi connectivity index (χ1v) is 7.36. The summed E-state index contributed by atoms with van der Waals surface area (Å²) < 4.78 is 10.8. The molecule has 0 saturated heterocycles. The van der Waals surface area contributed by atoms with Crippen molar-refractivity contribution in [2.75, 3.05) is 13.7 Å². The summed E-state index contributed by atoms with van der Waals surface area (Å²) in [7, 11) is 1.56. The zero-order valence-electron chi connectivity index (χ0n) is 13.2. The van der Waals surface area contributed by atoms with Gasteiger partial charge in [0.2, 0.25) is 0 Å². The summed E-state index contributed by atoms with van der Waals surface area (Å²) in [4.78, 5) is 11.6. The van der Waals surface area contributed by atoms with E-state index in [1.807, 2.05) is 13.0 Å². The summed E-state index contributed by atoms with van der Waals surface area (Å²) in [6.07, 6.45) is 0.294. The van der Waals surface area contributed by atoms with Crippen molar-refractivity contribution in [1.29, 1.82) is 0 Å². The van der Waals surface area contributed by atoms with E-state index in [0.29, 0.717) is 30.1 Å². The number of carboxylic acids is 1. The van der Waals surface area contributed by atoms with E-state index < -0.39 is 11.9 Å². The van der Waals surface area contributed by atoms with Crippen molar-refractivity contribution >= 4 is 5.97 Å². The standard InChI is InChI=1S/C18H20O5/c1-3-23-17-10-12(7-8-16(17)22-2)9-15(18(20)21)13-5-4-6-14(19)11-13/h4-8,10-11,15,19H,3,9H2,1-2H3,(H,20,21). The van der Waals surface area contributed by atoms with Crippen LogP contribution in [0.5, 0.6) is 17.2 Å². The van der Waals surface area contributed by atoms with Gasteiger partial charge in [-0.15, -0.1) is 0 Å². The molecule has 0 spiro atoms. The maximum atomic E-state index is 11.6. The van der Waals surface area contributed by atoms with E-state index in [4.69, 9.17) is 9.47 Å². The number of hydrogen-bond acceptors (Lipinski definition) is 4. The number of methoxy groups -OCH3 is 1. The number of aliphatic carboxylic acids is 1. The minimum Gasteiger partial charge on any atom is -0.508 e. The van der Waals surface area contributed by atoms with Crippen LogP contribution < -0.4 is 9.47 Å². The van der Waals surface area contributed by atoms with Gasteiger partial charge in [-0.2, -0.15) is 0 Å². The molecule has 0 saturated carbocycles. The highest BCUT2D eigenvalue weighted by molar-refractivity contribution is 5.76. The van der Waals surface area contributed by atoms with E-state index in [1.54, 1.807) is 31.4 Å². The van der Waals surface area contributed by atoms with Gasteiger partial charge in [0.15, 0.2) is 11.5 Å². The molecule has 2 aromatic carbocycles. The molecule has 2 rings (SSSR count). The van der Waals surface area contributed by atoms with Gasteiger partial charge in [0.05, 0.1) is 19.6 Å². The smallest absolute Gasteiger partial charge is 0.311 e. The lowest BCUT2D eigenvalue weighted by atomic mass is 9.92. The number of phenols is 1. The van der Waals surface area contributed by atoms with Crippen LogP contribution in [0.2, 0.25) is 0 Å². The van der Waals surface area contributed by atoms with Crippen LogP contribution in [-0.4, -0.2) is 29.9 Å². The van der Waals surface area contributed by atoms with Gasteiger partial charge in [0, 0.05) is 0 Å². The Morgan fingerprint density at radius 1 is 1.17 bits per heavy atom. The van der Waals surface area contributed by atoms with Crippen LogP contribution in [0.1, 0.15) is 24.0 Å². The van der Waals surface area contributed by atoms with Gasteiger partial charge in [0.25, 0.3) is 0 Å². The van der Waals surface area contributed by atoms with Crippen LogP contribution in [0.4, 0.5) is 0 Å². The minimum atomic E-state index is -0.940. The third kappa shape index (κ3) is 4.16. The monoisotopic (exact) mass is 316 g/mol. The molecule has 1 atom stereocenters. The normalized spacial score (nSPS) is 11.7. The number of rotatable bonds is 7. The molecule has 5 heteroatoms. The van der Waals surface area contributed by atoms with Crippen molar-refractivity contribution < 1.29 is 24.5 Å². The molecule has 5 nitrogen and oxygen atoms in total. The van der Waals surface area contributed by atoms with Crippen molar-refractivity contribution in [3.63, 3.8) is 0 Å². The van der Waals surface area contributed by atoms with Gasteiger partial charge in [-0.3, -0.25) is 4.79 Å². The summed E-state index contributed by atoms with van der Waals surface area (Å²) in [6, 6.07) is 11.7. The average Bonchev–Trinajstić information content (AvgIpc) is 2.53. The largest absolute Gasteiger partial charge is 0.508 e. The Labute approximate surface area is 135 Å². The third-order valence-corrected chi connectivity index (χ3v) is 3.54. The first-order chi connectivity index (χ1) is 11.0. The first kappa shape index (κ1) is 16.7. The Morgan fingerprint density at radius 2 is 1.96 bits per heavy atom. The van der Waals surface area contributed by atoms with Gasteiger partial charge in [0.1, 0.15) is 5.75 Å². The van der Waals surface area contributed by atoms with E-state index >= 15 is 0 Å². The fraction of sp³-hybridized carbons (Fsp3) is 0.278. The molecule has 0 aliphatic rings. The van der Waals surface area contributed by atoms with Crippen LogP contribution in [0.25, 0.3) is 0 Å². The number of ether oxygens (including phenoxy) is 2. The Kier molecular flexibility index (Phi) is 5.46. The molecular weight excluding hydrogens is 296 g/mol. The van der Waals surface area contributed by atoms with Gasteiger partial charge >= 0.3 is 5.97 Å². The average molecular weight is 316 g/mol. The highest BCUT2D eigenvalue weighted by atomic mass is 16.5. The van der Waals surface area contributed by atoms with Crippen LogP contribution in [0.15, 0.2) is 42.5 Å². The highest BCUT2D eigenvalue weighted by Gasteiger charge is 2.21. The zero-order chi connectivity index (χ0) is 16.8. The second-order valence-corrected chi connectivity index (χ2v) is 5.11. The van der Waals surface area contributed by atoms with E-state index in [0.717, 1.165) is 5.56 Å². The van der Waals surface area contributed by atoms with Crippen molar-refractivity contribution in [3.05, 3.63) is 53.6 Å². The number of benzene rings is 2. The first-order valence-electron chi connectivity index (χ1n) is 7.36. The Morgan fingerprint density at radius 3 is 2.57 bits per heavy atom. The summed E-state index contributed by atoms with van der Waals surface area (Å²) in [5.41, 5.74) is 1.39. The molecule has 1 unspecified atom stereocenters. The predicted octanol–water partition coefficient (Wildman–Crippen LogP) is 3.21. The lowest BCUT2D eigenvalue weighted by Crippen LogP contribution is -2.14. The minimum absolute atomic E-state index is 0.0542. The number of carboxylic acid groups (broad SMARTS) is 1. The van der Waals surface area contributed by atoms with Crippen LogP contribution >= 0.6 is 0 Å². The SMILES string of the molecule is CCOc1cc(CC(C(=O)O)c2cccc(O)c2)ccc1OC. The molecular formula is C18H20O5. The van der Waals surface area contributed by atoms with Gasteiger partial charge in [-0.25, -0.2) is 0 Å². The van der Waals surface area contributed by atoms with Crippen LogP contribution in [0, 0.1) is 0 Å². The fourth-order valence-electron chi connectivity index (χ4n) is 2.44. The summed E-state index contributed by atoms with van der Waals surface area (Å²) >= 11 is 0.